The van der Waals surface area contributed by atoms with E-state index in [1.807, 2.05) is 84.9 Å². The average Bonchev–Trinajstić information content (AvgIpc) is 3.38. The molecular weight excluding hydrogens is 418 g/mol. The minimum Gasteiger partial charge on any atom is -0.464 e. The van der Waals surface area contributed by atoms with Gasteiger partial charge in [-0.15, -0.1) is 0 Å². The monoisotopic (exact) mass is 441 g/mol. The summed E-state index contributed by atoms with van der Waals surface area (Å²) in [5.74, 6) is 0.729. The van der Waals surface area contributed by atoms with Gasteiger partial charge in [0.25, 0.3) is 0 Å². The zero-order valence-corrected chi connectivity index (χ0v) is 18.3. The predicted molar refractivity (Wildman–Crippen MR) is 130 cm³/mol. The van der Waals surface area contributed by atoms with Gasteiger partial charge in [0.2, 0.25) is 11.0 Å². The standard InChI is InChI=1S/C27H23NO3S/c29-26(28-24-15-13-21(14-16-24)25-12-7-17-31-25)23(18-20-8-3-1-4-9-20)19-32-27(30)22-10-5-2-6-11-22/h1-17,23H,18-19H2,(H,28,29). The van der Waals surface area contributed by atoms with Crippen molar-refractivity contribution in [2.45, 2.75) is 6.42 Å². The van der Waals surface area contributed by atoms with Crippen LogP contribution < -0.4 is 5.32 Å². The van der Waals surface area contributed by atoms with Gasteiger partial charge < -0.3 is 9.73 Å². The second-order valence-corrected chi connectivity index (χ2v) is 8.39. The highest BCUT2D eigenvalue weighted by molar-refractivity contribution is 8.14. The van der Waals surface area contributed by atoms with Crippen LogP contribution in [0.5, 0.6) is 0 Å². The average molecular weight is 442 g/mol. The fraction of sp³-hybridized carbons (Fsp3) is 0.111. The minimum atomic E-state index is -0.347. The summed E-state index contributed by atoms with van der Waals surface area (Å²) in [6, 6.07) is 30.3. The highest BCUT2D eigenvalue weighted by Gasteiger charge is 2.21. The van der Waals surface area contributed by atoms with Gasteiger partial charge in [-0.05, 0) is 48.4 Å². The van der Waals surface area contributed by atoms with E-state index < -0.39 is 0 Å². The normalized spacial score (nSPS) is 11.6. The number of furan rings is 1. The first kappa shape index (κ1) is 21.7. The van der Waals surface area contributed by atoms with E-state index in [9.17, 15) is 9.59 Å². The van der Waals surface area contributed by atoms with Crippen LogP contribution in [0, 0.1) is 5.92 Å². The molecule has 0 fully saturated rings. The first-order valence-electron chi connectivity index (χ1n) is 10.4. The summed E-state index contributed by atoms with van der Waals surface area (Å²) in [4.78, 5) is 25.7. The van der Waals surface area contributed by atoms with E-state index in [0.29, 0.717) is 23.4 Å². The molecule has 160 valence electrons. The summed E-state index contributed by atoms with van der Waals surface area (Å²) >= 11 is 1.18. The molecule has 0 aliphatic carbocycles. The molecule has 0 saturated heterocycles. The van der Waals surface area contributed by atoms with E-state index in [0.717, 1.165) is 16.9 Å². The highest BCUT2D eigenvalue weighted by Crippen LogP contribution is 2.24. The Morgan fingerprint density at radius 2 is 1.50 bits per heavy atom. The maximum atomic E-state index is 13.1. The Hall–Kier alpha value is -3.57. The first-order chi connectivity index (χ1) is 15.7. The lowest BCUT2D eigenvalue weighted by molar-refractivity contribution is -0.119. The summed E-state index contributed by atoms with van der Waals surface area (Å²) in [5, 5.41) is 2.98. The van der Waals surface area contributed by atoms with Gasteiger partial charge in [-0.3, -0.25) is 9.59 Å². The Morgan fingerprint density at radius 1 is 0.812 bits per heavy atom. The van der Waals surface area contributed by atoms with Crippen molar-refractivity contribution < 1.29 is 14.0 Å². The van der Waals surface area contributed by atoms with Crippen LogP contribution in [0.4, 0.5) is 5.69 Å². The van der Waals surface area contributed by atoms with E-state index in [-0.39, 0.29) is 16.9 Å². The molecule has 0 aliphatic rings. The number of carbonyl (C=O) groups is 2. The number of hydrogen-bond acceptors (Lipinski definition) is 4. The lowest BCUT2D eigenvalue weighted by Crippen LogP contribution is -2.27. The van der Waals surface area contributed by atoms with Gasteiger partial charge in [-0.25, -0.2) is 0 Å². The second-order valence-electron chi connectivity index (χ2n) is 7.40. The number of thioether (sulfide) groups is 1. The molecule has 1 unspecified atom stereocenters. The maximum Gasteiger partial charge on any atom is 0.228 e. The van der Waals surface area contributed by atoms with Gasteiger partial charge in [-0.1, -0.05) is 72.4 Å². The molecule has 0 bridgehead atoms. The Balaban J connectivity index is 1.44. The van der Waals surface area contributed by atoms with E-state index in [4.69, 9.17) is 4.42 Å². The topological polar surface area (TPSA) is 59.3 Å². The van der Waals surface area contributed by atoms with E-state index in [2.05, 4.69) is 5.32 Å². The van der Waals surface area contributed by atoms with E-state index in [1.54, 1.807) is 18.4 Å². The summed E-state index contributed by atoms with van der Waals surface area (Å²) in [6.45, 7) is 0. The third kappa shape index (κ3) is 5.77. The molecule has 0 spiro atoms. The molecule has 0 aliphatic heterocycles. The van der Waals surface area contributed by atoms with Crippen LogP contribution in [-0.2, 0) is 11.2 Å². The van der Waals surface area contributed by atoms with Gasteiger partial charge in [-0.2, -0.15) is 0 Å². The minimum absolute atomic E-state index is 0.0285. The fourth-order valence-corrected chi connectivity index (χ4v) is 4.29. The summed E-state index contributed by atoms with van der Waals surface area (Å²) in [6.07, 6.45) is 2.19. The van der Waals surface area contributed by atoms with Crippen LogP contribution in [0.15, 0.2) is 108 Å². The van der Waals surface area contributed by atoms with Crippen LogP contribution in [0.3, 0.4) is 0 Å². The molecule has 32 heavy (non-hydrogen) atoms. The van der Waals surface area contributed by atoms with Crippen LogP contribution in [0.25, 0.3) is 11.3 Å². The van der Waals surface area contributed by atoms with Crippen molar-refractivity contribution in [1.29, 1.82) is 0 Å². The number of benzene rings is 3. The Labute approximate surface area is 191 Å². The van der Waals surface area contributed by atoms with Crippen molar-refractivity contribution in [2.75, 3.05) is 11.1 Å². The Kier molecular flexibility index (Phi) is 7.20. The van der Waals surface area contributed by atoms with Crippen molar-refractivity contribution in [3.8, 4) is 11.3 Å². The zero-order valence-electron chi connectivity index (χ0n) is 17.4. The highest BCUT2D eigenvalue weighted by atomic mass is 32.2. The van der Waals surface area contributed by atoms with Crippen molar-refractivity contribution >= 4 is 28.5 Å². The summed E-state index contributed by atoms with van der Waals surface area (Å²) < 4.78 is 5.41. The molecule has 0 radical (unpaired) electrons. The van der Waals surface area contributed by atoms with Gasteiger partial charge in [0, 0.05) is 22.6 Å². The fourth-order valence-electron chi connectivity index (χ4n) is 3.36. The van der Waals surface area contributed by atoms with Crippen molar-refractivity contribution in [2.24, 2.45) is 5.92 Å². The van der Waals surface area contributed by atoms with Gasteiger partial charge >= 0.3 is 0 Å². The van der Waals surface area contributed by atoms with Gasteiger partial charge in [0.1, 0.15) is 5.76 Å². The number of nitrogens with one attached hydrogen (secondary N) is 1. The smallest absolute Gasteiger partial charge is 0.228 e. The molecule has 1 N–H and O–H groups in total. The molecule has 1 atom stereocenters. The molecule has 4 rings (SSSR count). The number of hydrogen-bond donors (Lipinski definition) is 1. The molecule has 4 nitrogen and oxygen atoms in total. The first-order valence-corrected chi connectivity index (χ1v) is 11.4. The van der Waals surface area contributed by atoms with Crippen LogP contribution in [-0.4, -0.2) is 16.8 Å². The van der Waals surface area contributed by atoms with Gasteiger partial charge in [0.15, 0.2) is 0 Å². The quantitative estimate of drug-likeness (QED) is 0.348. The van der Waals surface area contributed by atoms with Crippen molar-refractivity contribution in [1.82, 2.24) is 0 Å². The summed E-state index contributed by atoms with van der Waals surface area (Å²) in [5.41, 5.74) is 3.36. The predicted octanol–water partition coefficient (Wildman–Crippen LogP) is 6.32. The zero-order chi connectivity index (χ0) is 22.2. The number of amides is 1. The third-order valence-corrected chi connectivity index (χ3v) is 6.15. The second kappa shape index (κ2) is 10.6. The third-order valence-electron chi connectivity index (χ3n) is 5.08. The van der Waals surface area contributed by atoms with E-state index >= 15 is 0 Å². The molecule has 1 heterocycles. The SMILES string of the molecule is O=C(SCC(Cc1ccccc1)C(=O)Nc1ccc(-c2ccco2)cc1)c1ccccc1. The van der Waals surface area contributed by atoms with Crippen molar-refractivity contribution in [3.05, 3.63) is 114 Å². The van der Waals surface area contributed by atoms with Crippen molar-refractivity contribution in [3.63, 3.8) is 0 Å². The molecule has 4 aromatic rings. The lowest BCUT2D eigenvalue weighted by atomic mass is 10.00. The number of rotatable bonds is 8. The van der Waals surface area contributed by atoms with E-state index in [1.165, 1.54) is 11.8 Å². The lowest BCUT2D eigenvalue weighted by Gasteiger charge is -2.17. The molecule has 1 aromatic heterocycles. The number of carbonyl (C=O) groups excluding carboxylic acids is 2. The summed E-state index contributed by atoms with van der Waals surface area (Å²) in [7, 11) is 0. The van der Waals surface area contributed by atoms with Crippen LogP contribution in [0.1, 0.15) is 15.9 Å². The Morgan fingerprint density at radius 3 is 2.16 bits per heavy atom. The molecule has 0 saturated carbocycles. The maximum absolute atomic E-state index is 13.1. The molecule has 5 heteroatoms. The molecule has 1 amide bonds. The molecular formula is C27H23NO3S. The largest absolute Gasteiger partial charge is 0.464 e. The van der Waals surface area contributed by atoms with Crippen LogP contribution in [0.2, 0.25) is 0 Å². The van der Waals surface area contributed by atoms with Gasteiger partial charge in [0.05, 0.1) is 12.2 Å². The Bertz CT molecular complexity index is 1140. The number of anilines is 1. The van der Waals surface area contributed by atoms with Crippen LogP contribution >= 0.6 is 11.8 Å². The molecule has 3 aromatic carbocycles.